The van der Waals surface area contributed by atoms with E-state index in [0.29, 0.717) is 12.1 Å². The van der Waals surface area contributed by atoms with E-state index in [-0.39, 0.29) is 17.1 Å². The van der Waals surface area contributed by atoms with Crippen LogP contribution in [0.4, 0.5) is 27.8 Å². The predicted octanol–water partition coefficient (Wildman–Crippen LogP) is 5.45. The normalized spacial score (nSPS) is 21.0. The molecule has 28 heavy (non-hydrogen) atoms. The monoisotopic (exact) mass is 477 g/mol. The number of hydrogen-bond donors (Lipinski definition) is 2. The molecule has 1 aromatic heterocycles. The minimum absolute atomic E-state index is 0.253. The van der Waals surface area contributed by atoms with Crippen LogP contribution < -0.4 is 5.73 Å². The molecule has 1 aliphatic carbocycles. The van der Waals surface area contributed by atoms with Crippen molar-refractivity contribution in [3.05, 3.63) is 39.0 Å². The second-order valence-corrected chi connectivity index (χ2v) is 8.35. The lowest BCUT2D eigenvalue weighted by Crippen LogP contribution is -2.16. The van der Waals surface area contributed by atoms with E-state index in [0.717, 1.165) is 16.4 Å². The Morgan fingerprint density at radius 3 is 2.18 bits per heavy atom. The topological polar surface area (TPSA) is 60.9 Å². The van der Waals surface area contributed by atoms with Crippen LogP contribution in [0.1, 0.15) is 28.0 Å². The number of carbonyl (C=O) groups is 1. The van der Waals surface area contributed by atoms with Crippen LogP contribution in [-0.4, -0.2) is 27.1 Å². The molecule has 13 heteroatoms. The van der Waals surface area contributed by atoms with Gasteiger partial charge in [0.25, 0.3) is 5.92 Å². The molecule has 0 bridgehead atoms. The zero-order valence-corrected chi connectivity index (χ0v) is 17.0. The quantitative estimate of drug-likeness (QED) is 0.454. The van der Waals surface area contributed by atoms with Crippen molar-refractivity contribution in [3.63, 3.8) is 0 Å². The Bertz CT molecular complexity index is 972. The third-order valence-electron chi connectivity index (χ3n) is 4.37. The molecule has 0 spiro atoms. The van der Waals surface area contributed by atoms with Gasteiger partial charge in [0, 0.05) is 12.0 Å². The minimum atomic E-state index is -4.71. The summed E-state index contributed by atoms with van der Waals surface area (Å²) in [6.07, 6.45) is -3.88. The van der Waals surface area contributed by atoms with E-state index >= 15 is 0 Å². The molecule has 2 aromatic rings. The first-order valence-corrected chi connectivity index (χ1v) is 9.81. The van der Waals surface area contributed by atoms with Crippen molar-refractivity contribution in [1.82, 2.24) is 9.78 Å². The summed E-state index contributed by atoms with van der Waals surface area (Å²) in [6, 6.07) is 1.20. The maximum absolute atomic E-state index is 14.1. The summed E-state index contributed by atoms with van der Waals surface area (Å²) in [5.41, 5.74) is 3.91. The number of carbonyl (C=O) groups excluding carboxylic acids is 1. The third kappa shape index (κ3) is 3.16. The van der Waals surface area contributed by atoms with E-state index in [9.17, 15) is 26.7 Å². The molecule has 3 rings (SSSR count). The van der Waals surface area contributed by atoms with Gasteiger partial charge in [-0.15, -0.1) is 11.8 Å². The fourth-order valence-corrected chi connectivity index (χ4v) is 4.78. The van der Waals surface area contributed by atoms with Gasteiger partial charge >= 0.3 is 6.18 Å². The van der Waals surface area contributed by atoms with Crippen LogP contribution in [-0.2, 0) is 10.9 Å². The molecule has 0 saturated heterocycles. The highest BCUT2D eigenvalue weighted by Gasteiger charge is 2.74. The van der Waals surface area contributed by atoms with Crippen molar-refractivity contribution in [2.24, 2.45) is 0 Å². The minimum Gasteiger partial charge on any atom is -0.383 e. The zero-order valence-electron chi connectivity index (χ0n) is 13.7. The molecule has 4 nitrogen and oxygen atoms in total. The van der Waals surface area contributed by atoms with E-state index in [4.69, 9.17) is 28.9 Å². The maximum atomic E-state index is 14.1. The van der Waals surface area contributed by atoms with E-state index in [2.05, 4.69) is 17.7 Å². The summed E-state index contributed by atoms with van der Waals surface area (Å²) in [6.45, 7) is 0. The number of anilines is 1. The van der Waals surface area contributed by atoms with Gasteiger partial charge in [0.2, 0.25) is 5.12 Å². The Morgan fingerprint density at radius 1 is 1.32 bits per heavy atom. The number of alkyl halides is 5. The van der Waals surface area contributed by atoms with Gasteiger partial charge in [-0.2, -0.15) is 18.3 Å². The van der Waals surface area contributed by atoms with Crippen LogP contribution in [0.15, 0.2) is 12.1 Å². The first kappa shape index (κ1) is 21.5. The predicted molar refractivity (Wildman–Crippen MR) is 101 cm³/mol. The number of halogens is 7. The summed E-state index contributed by atoms with van der Waals surface area (Å²) in [4.78, 5) is 11.9. The average molecular weight is 478 g/mol. The fraction of sp³-hybridized carbons (Fsp3) is 0.333. The highest BCUT2D eigenvalue weighted by atomic mass is 35.5. The number of nitrogen functional groups attached to an aromatic ring is 1. The largest absolute Gasteiger partial charge is 0.416 e. The molecule has 1 aliphatic rings. The van der Waals surface area contributed by atoms with Crippen molar-refractivity contribution in [1.29, 1.82) is 0 Å². The Hall–Kier alpha value is -1.17. The van der Waals surface area contributed by atoms with Crippen molar-refractivity contribution in [2.75, 3.05) is 12.0 Å². The van der Waals surface area contributed by atoms with Gasteiger partial charge in [-0.05, 0) is 18.4 Å². The molecule has 1 aromatic carbocycles. The summed E-state index contributed by atoms with van der Waals surface area (Å²) in [5.74, 6) is -3.53. The van der Waals surface area contributed by atoms with Gasteiger partial charge in [-0.3, -0.25) is 4.79 Å². The van der Waals surface area contributed by atoms with E-state index in [1.165, 1.54) is 6.26 Å². The maximum Gasteiger partial charge on any atom is 0.416 e. The van der Waals surface area contributed by atoms with Crippen LogP contribution in [0, 0.1) is 0 Å². The Kier molecular flexibility index (Phi) is 5.14. The van der Waals surface area contributed by atoms with Gasteiger partial charge in [0.05, 0.1) is 15.6 Å². The molecule has 0 amide bonds. The standard InChI is InChI=1S/C15H10Cl2F5N3OS2/c1-28-13(4-14(13,18)19)8-9(12(26)27)24-25(11(8)23)10-6(16)2-5(3-7(10)17)15(20,21)22/h2-3H,4,23H2,1H3,(H,26,27). The van der Waals surface area contributed by atoms with Gasteiger partial charge < -0.3 is 5.73 Å². The number of benzene rings is 1. The first-order valence-electron chi connectivity index (χ1n) is 7.38. The molecule has 2 N–H and O–H groups in total. The number of nitrogens with two attached hydrogens (primary N) is 1. The molecule has 0 aliphatic heterocycles. The Morgan fingerprint density at radius 2 is 1.82 bits per heavy atom. The molecule has 152 valence electrons. The molecule has 1 fully saturated rings. The molecule has 1 heterocycles. The number of nitrogens with zero attached hydrogens (tertiary/aromatic N) is 2. The summed E-state index contributed by atoms with van der Waals surface area (Å²) in [5, 5.41) is 2.00. The highest BCUT2D eigenvalue weighted by Crippen LogP contribution is 2.69. The second kappa shape index (κ2) is 6.68. The average Bonchev–Trinajstić information content (AvgIpc) is 2.95. The number of thioether (sulfide) groups is 1. The van der Waals surface area contributed by atoms with Crippen LogP contribution in [0.3, 0.4) is 0 Å². The van der Waals surface area contributed by atoms with Crippen molar-refractivity contribution in [3.8, 4) is 5.69 Å². The zero-order chi connectivity index (χ0) is 21.2. The van der Waals surface area contributed by atoms with Crippen LogP contribution in [0.25, 0.3) is 5.69 Å². The van der Waals surface area contributed by atoms with Gasteiger partial charge in [-0.1, -0.05) is 35.8 Å². The van der Waals surface area contributed by atoms with Crippen molar-refractivity contribution < 1.29 is 26.7 Å². The van der Waals surface area contributed by atoms with E-state index in [1.807, 2.05) is 0 Å². The lowest BCUT2D eigenvalue weighted by Gasteiger charge is -2.16. The van der Waals surface area contributed by atoms with Crippen LogP contribution in [0.5, 0.6) is 0 Å². The molecule has 1 saturated carbocycles. The van der Waals surface area contributed by atoms with Crippen LogP contribution in [0.2, 0.25) is 10.0 Å². The van der Waals surface area contributed by atoms with Crippen LogP contribution >= 0.6 is 47.6 Å². The summed E-state index contributed by atoms with van der Waals surface area (Å²) < 4.78 is 65.9. The number of rotatable bonds is 4. The SMILES string of the molecule is CSC1(c2c(C(=O)S)nn(-c3c(Cl)cc(C(F)(F)F)cc3Cl)c2N)CC1(F)F. The second-order valence-electron chi connectivity index (χ2n) is 6.02. The van der Waals surface area contributed by atoms with E-state index < -0.39 is 49.7 Å². The number of thiol groups is 1. The van der Waals surface area contributed by atoms with E-state index in [1.54, 1.807) is 0 Å². The smallest absolute Gasteiger partial charge is 0.383 e. The van der Waals surface area contributed by atoms with Gasteiger partial charge in [0.1, 0.15) is 21.9 Å². The Balaban J connectivity index is 2.26. The first-order chi connectivity index (χ1) is 12.8. The third-order valence-corrected chi connectivity index (χ3v) is 6.50. The van der Waals surface area contributed by atoms with Gasteiger partial charge in [0.15, 0.2) is 0 Å². The lowest BCUT2D eigenvalue weighted by molar-refractivity contribution is -0.137. The highest BCUT2D eigenvalue weighted by molar-refractivity contribution is 8.00. The molecule has 0 radical (unpaired) electrons. The molecule has 1 unspecified atom stereocenters. The lowest BCUT2D eigenvalue weighted by atomic mass is 10.1. The number of aromatic nitrogens is 2. The molecular weight excluding hydrogens is 468 g/mol. The Labute approximate surface area is 174 Å². The summed E-state index contributed by atoms with van der Waals surface area (Å²) >= 11 is 16.3. The summed E-state index contributed by atoms with van der Waals surface area (Å²) in [7, 11) is 0. The van der Waals surface area contributed by atoms with Crippen molar-refractivity contribution in [2.45, 2.75) is 23.3 Å². The fourth-order valence-electron chi connectivity index (χ4n) is 2.94. The molecule has 1 atom stereocenters. The van der Waals surface area contributed by atoms with Crippen molar-refractivity contribution >= 4 is 58.5 Å². The van der Waals surface area contributed by atoms with Gasteiger partial charge in [-0.25, -0.2) is 13.5 Å². The number of hydrogen-bond acceptors (Lipinski definition) is 4. The molecular formula is C15H10Cl2F5N3OS2.